The molecule has 13 heavy (non-hydrogen) atoms. The van der Waals surface area contributed by atoms with Crippen molar-refractivity contribution >= 4 is 14.9 Å². The predicted octanol–water partition coefficient (Wildman–Crippen LogP) is 2.92. The molecule has 70 valence electrons. The van der Waals surface area contributed by atoms with Gasteiger partial charge in [-0.1, -0.05) is 19.1 Å². The molecule has 1 aromatic carbocycles. The Balaban J connectivity index is 2.98. The van der Waals surface area contributed by atoms with E-state index in [0.717, 1.165) is 12.0 Å². The third kappa shape index (κ3) is 2.49. The molecule has 0 bridgehead atoms. The molecule has 0 N–H and O–H groups in total. The van der Waals surface area contributed by atoms with E-state index in [9.17, 15) is 10.1 Å². The number of nitrogens with zero attached hydrogens (tertiary/aromatic N) is 1. The minimum absolute atomic E-state index is 0.165. The van der Waals surface area contributed by atoms with E-state index in [1.165, 1.54) is 6.07 Å². The molecule has 2 atom stereocenters. The van der Waals surface area contributed by atoms with Crippen molar-refractivity contribution < 1.29 is 4.92 Å². The van der Waals surface area contributed by atoms with E-state index in [0.29, 0.717) is 5.66 Å². The zero-order valence-electron chi connectivity index (χ0n) is 7.43. The molecule has 1 aromatic rings. The van der Waals surface area contributed by atoms with Gasteiger partial charge in [0.15, 0.2) is 0 Å². The number of hydrogen-bond acceptors (Lipinski definition) is 2. The topological polar surface area (TPSA) is 43.1 Å². The molecular formula is C9H12NO2P. The summed E-state index contributed by atoms with van der Waals surface area (Å²) >= 11 is 0. The Kier molecular flexibility index (Phi) is 3.38. The molecule has 0 saturated carbocycles. The molecule has 0 amide bonds. The van der Waals surface area contributed by atoms with Gasteiger partial charge in [0, 0.05) is 12.1 Å². The van der Waals surface area contributed by atoms with Crippen molar-refractivity contribution in [2.45, 2.75) is 19.0 Å². The van der Waals surface area contributed by atoms with Crippen LogP contribution in [0.4, 0.5) is 5.69 Å². The van der Waals surface area contributed by atoms with Crippen LogP contribution in [-0.2, 0) is 0 Å². The van der Waals surface area contributed by atoms with Crippen molar-refractivity contribution in [3.63, 3.8) is 0 Å². The van der Waals surface area contributed by atoms with Crippen LogP contribution in [0.3, 0.4) is 0 Å². The average Bonchev–Trinajstić information content (AvgIpc) is 2.17. The van der Waals surface area contributed by atoms with Crippen LogP contribution in [0.1, 0.15) is 24.6 Å². The van der Waals surface area contributed by atoms with Crippen molar-refractivity contribution in [2.75, 3.05) is 0 Å². The standard InChI is InChI=1S/C9H12NO2P/c1-2-9(13)7-4-3-5-8(6-7)10(11)12/h3-6,9H,2,13H2,1H3. The van der Waals surface area contributed by atoms with Crippen LogP contribution in [-0.4, -0.2) is 4.92 Å². The minimum atomic E-state index is -0.365. The van der Waals surface area contributed by atoms with Crippen LogP contribution in [0.2, 0.25) is 0 Å². The van der Waals surface area contributed by atoms with Crippen molar-refractivity contribution in [3.8, 4) is 0 Å². The fourth-order valence-electron chi connectivity index (χ4n) is 1.10. The number of hydrogen-bond donors (Lipinski definition) is 0. The predicted molar refractivity (Wildman–Crippen MR) is 55.8 cm³/mol. The summed E-state index contributed by atoms with van der Waals surface area (Å²) in [7, 11) is 2.68. The van der Waals surface area contributed by atoms with Crippen LogP contribution >= 0.6 is 9.24 Å². The highest BCUT2D eigenvalue weighted by atomic mass is 31.0. The molecule has 0 heterocycles. The van der Waals surface area contributed by atoms with Crippen LogP contribution in [0.25, 0.3) is 0 Å². The lowest BCUT2D eigenvalue weighted by Crippen LogP contribution is -1.91. The normalized spacial score (nSPS) is 12.5. The summed E-state index contributed by atoms with van der Waals surface area (Å²) in [4.78, 5) is 10.1. The van der Waals surface area contributed by atoms with Crippen molar-refractivity contribution in [3.05, 3.63) is 39.9 Å². The molecule has 0 spiro atoms. The number of nitro benzene ring substituents is 1. The molecule has 1 rings (SSSR count). The molecule has 0 aromatic heterocycles. The summed E-state index contributed by atoms with van der Waals surface area (Å²) in [5, 5.41) is 10.5. The first kappa shape index (κ1) is 10.1. The number of non-ortho nitro benzene ring substituents is 1. The van der Waals surface area contributed by atoms with Crippen LogP contribution in [0.5, 0.6) is 0 Å². The van der Waals surface area contributed by atoms with Gasteiger partial charge in [-0.3, -0.25) is 10.1 Å². The largest absolute Gasteiger partial charge is 0.269 e. The molecule has 4 heteroatoms. The summed E-state index contributed by atoms with van der Waals surface area (Å²) in [6, 6.07) is 6.77. The van der Waals surface area contributed by atoms with Crippen LogP contribution in [0.15, 0.2) is 24.3 Å². The smallest absolute Gasteiger partial charge is 0.258 e. The van der Waals surface area contributed by atoms with Gasteiger partial charge in [0.2, 0.25) is 0 Å². The Hall–Kier alpha value is -0.950. The number of nitro groups is 1. The first-order chi connectivity index (χ1) is 6.15. The molecular weight excluding hydrogens is 185 g/mol. The summed E-state index contributed by atoms with van der Waals surface area (Å²) in [5.41, 5.74) is 1.47. The Morgan fingerprint density at radius 2 is 2.31 bits per heavy atom. The lowest BCUT2D eigenvalue weighted by molar-refractivity contribution is -0.384. The van der Waals surface area contributed by atoms with E-state index in [1.54, 1.807) is 12.1 Å². The molecule has 0 fully saturated rings. The second-order valence-electron chi connectivity index (χ2n) is 2.87. The summed E-state index contributed by atoms with van der Waals surface area (Å²) < 4.78 is 0. The monoisotopic (exact) mass is 197 g/mol. The van der Waals surface area contributed by atoms with Crippen molar-refractivity contribution in [2.24, 2.45) is 0 Å². The second kappa shape index (κ2) is 4.33. The first-order valence-electron chi connectivity index (χ1n) is 4.15. The molecule has 0 radical (unpaired) electrons. The first-order valence-corrected chi connectivity index (χ1v) is 4.81. The van der Waals surface area contributed by atoms with Gasteiger partial charge in [0.1, 0.15) is 0 Å². The quantitative estimate of drug-likeness (QED) is 0.424. The molecule has 2 unspecified atom stereocenters. The Morgan fingerprint density at radius 3 is 2.85 bits per heavy atom. The van der Waals surface area contributed by atoms with Crippen molar-refractivity contribution in [1.29, 1.82) is 0 Å². The Bertz CT molecular complexity index is 314. The molecule has 0 aliphatic carbocycles. The minimum Gasteiger partial charge on any atom is -0.258 e. The van der Waals surface area contributed by atoms with Crippen LogP contribution in [0, 0.1) is 10.1 Å². The molecule has 0 aliphatic heterocycles. The average molecular weight is 197 g/mol. The SMILES string of the molecule is CCC(P)c1cccc([N+](=O)[O-])c1. The van der Waals surface area contributed by atoms with Gasteiger partial charge >= 0.3 is 0 Å². The van der Waals surface area contributed by atoms with Gasteiger partial charge in [-0.05, 0) is 17.6 Å². The maximum Gasteiger partial charge on any atom is 0.269 e. The van der Waals surface area contributed by atoms with Gasteiger partial charge in [0.25, 0.3) is 5.69 Å². The van der Waals surface area contributed by atoms with E-state index in [-0.39, 0.29) is 10.6 Å². The molecule has 0 saturated heterocycles. The highest BCUT2D eigenvalue weighted by Gasteiger charge is 2.08. The third-order valence-electron chi connectivity index (χ3n) is 1.95. The van der Waals surface area contributed by atoms with Gasteiger partial charge in [-0.25, -0.2) is 0 Å². The number of rotatable bonds is 3. The van der Waals surface area contributed by atoms with E-state index >= 15 is 0 Å². The highest BCUT2D eigenvalue weighted by Crippen LogP contribution is 2.28. The summed E-state index contributed by atoms with van der Waals surface area (Å²) in [6.07, 6.45) is 0.964. The van der Waals surface area contributed by atoms with Gasteiger partial charge in [0.05, 0.1) is 4.92 Å². The molecule has 3 nitrogen and oxygen atoms in total. The van der Waals surface area contributed by atoms with E-state index in [4.69, 9.17) is 0 Å². The fraction of sp³-hybridized carbons (Fsp3) is 0.333. The van der Waals surface area contributed by atoms with Crippen molar-refractivity contribution in [1.82, 2.24) is 0 Å². The fourth-order valence-corrected chi connectivity index (χ4v) is 1.31. The highest BCUT2D eigenvalue weighted by molar-refractivity contribution is 7.17. The Labute approximate surface area is 79.5 Å². The van der Waals surface area contributed by atoms with Gasteiger partial charge in [-0.2, -0.15) is 0 Å². The zero-order valence-corrected chi connectivity index (χ0v) is 8.59. The maximum atomic E-state index is 10.5. The zero-order chi connectivity index (χ0) is 9.84. The summed E-state index contributed by atoms with van der Waals surface area (Å²) in [6.45, 7) is 2.05. The lowest BCUT2D eigenvalue weighted by atomic mass is 10.1. The maximum absolute atomic E-state index is 10.5. The van der Waals surface area contributed by atoms with E-state index in [1.807, 2.05) is 6.07 Å². The van der Waals surface area contributed by atoms with E-state index in [2.05, 4.69) is 16.2 Å². The third-order valence-corrected chi connectivity index (χ3v) is 2.81. The second-order valence-corrected chi connectivity index (χ2v) is 3.67. The molecule has 0 aliphatic rings. The number of benzene rings is 1. The van der Waals surface area contributed by atoms with E-state index < -0.39 is 0 Å². The van der Waals surface area contributed by atoms with Gasteiger partial charge < -0.3 is 0 Å². The van der Waals surface area contributed by atoms with Crippen LogP contribution < -0.4 is 0 Å². The lowest BCUT2D eigenvalue weighted by Gasteiger charge is -2.07. The van der Waals surface area contributed by atoms with Gasteiger partial charge in [-0.15, -0.1) is 9.24 Å². The Morgan fingerprint density at radius 1 is 1.62 bits per heavy atom. The summed E-state index contributed by atoms with van der Waals surface area (Å²) in [5.74, 6) is 0.